The number of alkyl halides is 3. The van der Waals surface area contributed by atoms with E-state index in [1.165, 1.54) is 4.90 Å². The quantitative estimate of drug-likeness (QED) is 0.808. The third-order valence-electron chi connectivity index (χ3n) is 4.12. The molecule has 1 aromatic carbocycles. The molecule has 1 saturated heterocycles. The minimum atomic E-state index is -4.62. The molecule has 1 fully saturated rings. The molecule has 0 spiro atoms. The normalized spacial score (nSPS) is 17.5. The Labute approximate surface area is 156 Å². The van der Waals surface area contributed by atoms with Crippen molar-refractivity contribution < 1.29 is 26.4 Å². The highest BCUT2D eigenvalue weighted by molar-refractivity contribution is 7.89. The first-order chi connectivity index (χ1) is 11.6. The van der Waals surface area contributed by atoms with Gasteiger partial charge in [-0.3, -0.25) is 4.79 Å². The van der Waals surface area contributed by atoms with E-state index in [0.717, 1.165) is 22.5 Å². The summed E-state index contributed by atoms with van der Waals surface area (Å²) in [4.78, 5) is 13.2. The fourth-order valence-corrected chi connectivity index (χ4v) is 4.01. The maximum atomic E-state index is 12.8. The maximum Gasteiger partial charge on any atom is 0.416 e. The summed E-state index contributed by atoms with van der Waals surface area (Å²) in [6, 6.07) is 3.66. The van der Waals surface area contributed by atoms with Gasteiger partial charge in [-0.05, 0) is 18.2 Å². The number of amides is 1. The summed E-state index contributed by atoms with van der Waals surface area (Å²) in [7, 11) is -4.05. The van der Waals surface area contributed by atoms with Gasteiger partial charge in [-0.25, -0.2) is 8.42 Å². The molecule has 6 nitrogen and oxygen atoms in total. The highest BCUT2D eigenvalue weighted by Gasteiger charge is 2.34. The summed E-state index contributed by atoms with van der Waals surface area (Å²) < 4.78 is 64.6. The molecular weight excluding hydrogens is 395 g/mol. The van der Waals surface area contributed by atoms with Gasteiger partial charge in [0.1, 0.15) is 0 Å². The Morgan fingerprint density at radius 3 is 2.31 bits per heavy atom. The first kappa shape index (κ1) is 22.7. The van der Waals surface area contributed by atoms with Crippen LogP contribution in [0.15, 0.2) is 29.2 Å². The van der Waals surface area contributed by atoms with Crippen LogP contribution >= 0.6 is 12.4 Å². The van der Waals surface area contributed by atoms with Gasteiger partial charge < -0.3 is 10.6 Å². The largest absolute Gasteiger partial charge is 0.416 e. The van der Waals surface area contributed by atoms with Crippen molar-refractivity contribution in [2.24, 2.45) is 11.7 Å². The lowest BCUT2D eigenvalue weighted by molar-refractivity contribution is -0.138. The molecule has 2 N–H and O–H groups in total. The minimum Gasteiger partial charge on any atom is -0.340 e. The van der Waals surface area contributed by atoms with Gasteiger partial charge in [0, 0.05) is 38.6 Å². The Balaban J connectivity index is 0.00000338. The molecule has 11 heteroatoms. The van der Waals surface area contributed by atoms with Crippen LogP contribution in [-0.4, -0.2) is 56.3 Å². The van der Waals surface area contributed by atoms with Crippen LogP contribution in [0.3, 0.4) is 0 Å². The van der Waals surface area contributed by atoms with E-state index in [1.807, 2.05) is 0 Å². The summed E-state index contributed by atoms with van der Waals surface area (Å²) in [6.07, 6.45) is -4.62. The van der Waals surface area contributed by atoms with Crippen molar-refractivity contribution in [2.45, 2.75) is 18.0 Å². The van der Waals surface area contributed by atoms with E-state index < -0.39 is 26.7 Å². The number of sulfonamides is 1. The van der Waals surface area contributed by atoms with Crippen LogP contribution in [0.25, 0.3) is 0 Å². The van der Waals surface area contributed by atoms with Crippen molar-refractivity contribution in [3.05, 3.63) is 29.8 Å². The second kappa shape index (κ2) is 8.55. The van der Waals surface area contributed by atoms with Crippen LogP contribution in [0.5, 0.6) is 0 Å². The van der Waals surface area contributed by atoms with Crippen molar-refractivity contribution in [1.82, 2.24) is 9.21 Å². The van der Waals surface area contributed by atoms with Crippen LogP contribution in [0, 0.1) is 5.92 Å². The molecule has 2 rings (SSSR count). The number of hydrogen-bond donors (Lipinski definition) is 1. The fraction of sp³-hybridized carbons (Fsp3) is 0.533. The Bertz CT molecular complexity index is 735. The van der Waals surface area contributed by atoms with Crippen molar-refractivity contribution in [3.8, 4) is 0 Å². The van der Waals surface area contributed by atoms with Gasteiger partial charge in [-0.2, -0.15) is 17.5 Å². The summed E-state index contributed by atoms with van der Waals surface area (Å²) in [6.45, 7) is 2.31. The third kappa shape index (κ3) is 4.87. The Kier molecular flexibility index (Phi) is 7.46. The average Bonchev–Trinajstić information content (AvgIpc) is 2.60. The van der Waals surface area contributed by atoms with Crippen molar-refractivity contribution >= 4 is 28.3 Å². The fourth-order valence-electron chi connectivity index (χ4n) is 2.54. The third-order valence-corrected chi connectivity index (χ3v) is 6.02. The van der Waals surface area contributed by atoms with Crippen molar-refractivity contribution in [1.29, 1.82) is 0 Å². The number of piperazine rings is 1. The van der Waals surface area contributed by atoms with Crippen LogP contribution in [-0.2, 0) is 21.0 Å². The highest BCUT2D eigenvalue weighted by Crippen LogP contribution is 2.31. The summed E-state index contributed by atoms with van der Waals surface area (Å²) in [5.74, 6) is -0.509. The molecular formula is C15H21ClF3N3O3S. The molecule has 0 aromatic heterocycles. The SMILES string of the molecule is CC(CN)C(=O)N1CCN(S(=O)(=O)c2cccc(C(F)(F)F)c2)CC1.Cl. The highest BCUT2D eigenvalue weighted by atomic mass is 35.5. The van der Waals surface area contributed by atoms with Gasteiger partial charge in [-0.1, -0.05) is 13.0 Å². The van der Waals surface area contributed by atoms with E-state index in [4.69, 9.17) is 5.73 Å². The van der Waals surface area contributed by atoms with Crippen molar-refractivity contribution in [2.75, 3.05) is 32.7 Å². The molecule has 1 heterocycles. The molecule has 1 aliphatic heterocycles. The minimum absolute atomic E-state index is 0. The Hall–Kier alpha value is -1.36. The molecule has 0 radical (unpaired) electrons. The molecule has 148 valence electrons. The molecule has 0 bridgehead atoms. The summed E-state index contributed by atoms with van der Waals surface area (Å²) in [5.41, 5.74) is 4.44. The molecule has 1 aliphatic rings. The van der Waals surface area contributed by atoms with E-state index in [9.17, 15) is 26.4 Å². The van der Waals surface area contributed by atoms with E-state index in [-0.39, 0.29) is 57.0 Å². The van der Waals surface area contributed by atoms with Gasteiger partial charge in [0.15, 0.2) is 0 Å². The number of nitrogens with zero attached hydrogens (tertiary/aromatic N) is 2. The van der Waals surface area contributed by atoms with Gasteiger partial charge in [-0.15, -0.1) is 12.4 Å². The smallest absolute Gasteiger partial charge is 0.340 e. The van der Waals surface area contributed by atoms with Gasteiger partial charge >= 0.3 is 6.18 Å². The van der Waals surface area contributed by atoms with E-state index in [2.05, 4.69) is 0 Å². The molecule has 1 atom stereocenters. The van der Waals surface area contributed by atoms with Crippen LogP contribution < -0.4 is 5.73 Å². The molecule has 1 unspecified atom stereocenters. The molecule has 1 amide bonds. The average molecular weight is 416 g/mol. The van der Waals surface area contributed by atoms with Crippen LogP contribution in [0.1, 0.15) is 12.5 Å². The Morgan fingerprint density at radius 2 is 1.81 bits per heavy atom. The van der Waals surface area contributed by atoms with Gasteiger partial charge in [0.25, 0.3) is 0 Å². The lowest BCUT2D eigenvalue weighted by Gasteiger charge is -2.35. The second-order valence-electron chi connectivity index (χ2n) is 5.89. The maximum absolute atomic E-state index is 12.8. The topological polar surface area (TPSA) is 83.7 Å². The summed E-state index contributed by atoms with van der Waals surface area (Å²) >= 11 is 0. The van der Waals surface area contributed by atoms with E-state index >= 15 is 0 Å². The number of nitrogens with two attached hydrogens (primary N) is 1. The zero-order valence-electron chi connectivity index (χ0n) is 14.1. The molecule has 0 saturated carbocycles. The summed E-state index contributed by atoms with van der Waals surface area (Å²) in [5, 5.41) is 0. The van der Waals surface area contributed by atoms with Gasteiger partial charge in [0.05, 0.1) is 10.5 Å². The predicted molar refractivity (Wildman–Crippen MR) is 92.2 cm³/mol. The number of hydrogen-bond acceptors (Lipinski definition) is 4. The second-order valence-corrected chi connectivity index (χ2v) is 7.83. The first-order valence-corrected chi connectivity index (χ1v) is 9.17. The monoisotopic (exact) mass is 415 g/mol. The zero-order chi connectivity index (χ0) is 18.8. The molecule has 26 heavy (non-hydrogen) atoms. The Morgan fingerprint density at radius 1 is 1.23 bits per heavy atom. The lowest BCUT2D eigenvalue weighted by atomic mass is 10.1. The predicted octanol–water partition coefficient (Wildman–Crippen LogP) is 1.55. The van der Waals surface area contributed by atoms with E-state index in [0.29, 0.717) is 6.07 Å². The van der Waals surface area contributed by atoms with Gasteiger partial charge in [0.2, 0.25) is 15.9 Å². The molecule has 0 aliphatic carbocycles. The number of carbonyl (C=O) groups is 1. The number of benzene rings is 1. The zero-order valence-corrected chi connectivity index (χ0v) is 15.7. The van der Waals surface area contributed by atoms with Crippen LogP contribution in [0.4, 0.5) is 13.2 Å². The number of rotatable bonds is 4. The lowest BCUT2D eigenvalue weighted by Crippen LogP contribution is -2.52. The number of halogens is 4. The number of carbonyl (C=O) groups excluding carboxylic acids is 1. The standard InChI is InChI=1S/C15H20F3N3O3S.ClH/c1-11(10-19)14(22)20-5-7-21(8-6-20)25(23,24)13-4-2-3-12(9-13)15(16,17)18;/h2-4,9,11H,5-8,10,19H2,1H3;1H. The van der Waals surface area contributed by atoms with E-state index in [1.54, 1.807) is 6.92 Å². The van der Waals surface area contributed by atoms with Crippen LogP contribution in [0.2, 0.25) is 0 Å². The van der Waals surface area contributed by atoms with Crippen molar-refractivity contribution in [3.63, 3.8) is 0 Å². The molecule has 1 aromatic rings. The first-order valence-electron chi connectivity index (χ1n) is 7.73.